The third-order valence-electron chi connectivity index (χ3n) is 3.25. The molecule has 1 atom stereocenters. The molecule has 0 radical (unpaired) electrons. The summed E-state index contributed by atoms with van der Waals surface area (Å²) >= 11 is 6.16. The molecule has 0 amide bonds. The van der Waals surface area contributed by atoms with E-state index < -0.39 is 0 Å². The average molecular weight is 306 g/mol. The highest BCUT2D eigenvalue weighted by Crippen LogP contribution is 2.24. The van der Waals surface area contributed by atoms with Gasteiger partial charge in [-0.15, -0.1) is 0 Å². The van der Waals surface area contributed by atoms with Gasteiger partial charge in [0.05, 0.1) is 19.8 Å². The number of rotatable bonds is 7. The molecule has 0 spiro atoms. The van der Waals surface area contributed by atoms with Crippen molar-refractivity contribution in [2.75, 3.05) is 20.7 Å². The number of methoxy groups -OCH3 is 1. The first-order valence-electron chi connectivity index (χ1n) is 6.88. The first-order chi connectivity index (χ1) is 10.2. The largest absolute Gasteiger partial charge is 0.497 e. The van der Waals surface area contributed by atoms with Gasteiger partial charge < -0.3 is 14.8 Å². The lowest BCUT2D eigenvalue weighted by atomic mass is 10.1. The van der Waals surface area contributed by atoms with E-state index >= 15 is 0 Å². The van der Waals surface area contributed by atoms with Gasteiger partial charge in [0.2, 0.25) is 0 Å². The summed E-state index contributed by atoms with van der Waals surface area (Å²) in [6, 6.07) is 15.7. The molecule has 0 aliphatic rings. The Kier molecular flexibility index (Phi) is 6.05. The molecule has 1 unspecified atom stereocenters. The molecular formula is C17H20ClNO2. The van der Waals surface area contributed by atoms with Crippen molar-refractivity contribution < 1.29 is 9.47 Å². The van der Waals surface area contributed by atoms with Crippen molar-refractivity contribution in [2.45, 2.75) is 12.7 Å². The van der Waals surface area contributed by atoms with Crippen LogP contribution in [0.4, 0.5) is 0 Å². The Hall–Kier alpha value is -1.55. The normalized spacial score (nSPS) is 12.1. The third kappa shape index (κ3) is 4.46. The van der Waals surface area contributed by atoms with E-state index in [0.29, 0.717) is 6.61 Å². The van der Waals surface area contributed by atoms with Gasteiger partial charge in [0, 0.05) is 11.6 Å². The minimum Gasteiger partial charge on any atom is -0.497 e. The van der Waals surface area contributed by atoms with Crippen LogP contribution in [-0.4, -0.2) is 20.7 Å². The summed E-state index contributed by atoms with van der Waals surface area (Å²) in [4.78, 5) is 0. The number of hydrogen-bond donors (Lipinski definition) is 1. The molecule has 0 saturated carbocycles. The van der Waals surface area contributed by atoms with Gasteiger partial charge in [-0.25, -0.2) is 0 Å². The fraction of sp³-hybridized carbons (Fsp3) is 0.294. The molecule has 0 fully saturated rings. The first-order valence-corrected chi connectivity index (χ1v) is 7.26. The molecule has 0 aliphatic carbocycles. The highest BCUT2D eigenvalue weighted by molar-refractivity contribution is 6.31. The SMILES string of the molecule is CNCC(OCc1ccccc1Cl)c1cccc(OC)c1. The Morgan fingerprint density at radius 1 is 1.14 bits per heavy atom. The molecule has 1 N–H and O–H groups in total. The van der Waals surface area contributed by atoms with Crippen molar-refractivity contribution >= 4 is 11.6 Å². The van der Waals surface area contributed by atoms with E-state index in [9.17, 15) is 0 Å². The summed E-state index contributed by atoms with van der Waals surface area (Å²) in [5, 5.41) is 3.88. The first kappa shape index (κ1) is 15.8. The molecule has 2 aromatic carbocycles. The second-order valence-corrected chi connectivity index (χ2v) is 5.13. The molecule has 0 heterocycles. The van der Waals surface area contributed by atoms with Gasteiger partial charge in [0.15, 0.2) is 0 Å². The van der Waals surface area contributed by atoms with Crippen molar-refractivity contribution in [1.29, 1.82) is 0 Å². The summed E-state index contributed by atoms with van der Waals surface area (Å²) in [5.41, 5.74) is 2.07. The summed E-state index contributed by atoms with van der Waals surface area (Å²) in [5.74, 6) is 0.829. The fourth-order valence-electron chi connectivity index (χ4n) is 2.11. The second kappa shape index (κ2) is 8.03. The van der Waals surface area contributed by atoms with Crippen LogP contribution in [0.2, 0.25) is 5.02 Å². The smallest absolute Gasteiger partial charge is 0.119 e. The summed E-state index contributed by atoms with van der Waals surface area (Å²) in [6.45, 7) is 1.20. The van der Waals surface area contributed by atoms with Crippen molar-refractivity contribution in [3.63, 3.8) is 0 Å². The molecule has 0 saturated heterocycles. The Bertz CT molecular complexity index is 574. The maximum atomic E-state index is 6.16. The minimum absolute atomic E-state index is 0.0543. The Labute approximate surface area is 130 Å². The Morgan fingerprint density at radius 2 is 1.95 bits per heavy atom. The van der Waals surface area contributed by atoms with Gasteiger partial charge in [-0.1, -0.05) is 41.9 Å². The number of likely N-dealkylation sites (N-methyl/N-ethyl adjacent to an activating group) is 1. The molecule has 21 heavy (non-hydrogen) atoms. The van der Waals surface area contributed by atoms with E-state index in [4.69, 9.17) is 21.1 Å². The second-order valence-electron chi connectivity index (χ2n) is 4.73. The van der Waals surface area contributed by atoms with Gasteiger partial charge >= 0.3 is 0 Å². The van der Waals surface area contributed by atoms with Crippen LogP contribution in [0.25, 0.3) is 0 Å². The number of ether oxygens (including phenoxy) is 2. The summed E-state index contributed by atoms with van der Waals surface area (Å²) in [6.07, 6.45) is -0.0543. The Morgan fingerprint density at radius 3 is 2.67 bits per heavy atom. The van der Waals surface area contributed by atoms with Crippen LogP contribution in [0.3, 0.4) is 0 Å². The molecule has 0 aromatic heterocycles. The quantitative estimate of drug-likeness (QED) is 0.843. The zero-order valence-corrected chi connectivity index (χ0v) is 13.1. The van der Waals surface area contributed by atoms with E-state index in [1.54, 1.807) is 7.11 Å². The molecule has 112 valence electrons. The zero-order chi connectivity index (χ0) is 15.1. The molecule has 2 aromatic rings. The molecule has 3 nitrogen and oxygen atoms in total. The summed E-state index contributed by atoms with van der Waals surface area (Å²) < 4.78 is 11.3. The predicted octanol–water partition coefficient (Wildman–Crippen LogP) is 3.83. The van der Waals surface area contributed by atoms with Crippen LogP contribution in [0, 0.1) is 0 Å². The summed E-state index contributed by atoms with van der Waals surface area (Å²) in [7, 11) is 3.57. The fourth-order valence-corrected chi connectivity index (χ4v) is 2.30. The zero-order valence-electron chi connectivity index (χ0n) is 12.3. The van der Waals surface area contributed by atoms with Crippen molar-refractivity contribution in [2.24, 2.45) is 0 Å². The van der Waals surface area contributed by atoms with E-state index in [1.807, 2.05) is 55.6 Å². The van der Waals surface area contributed by atoms with E-state index in [0.717, 1.165) is 28.4 Å². The Balaban J connectivity index is 2.10. The van der Waals surface area contributed by atoms with Crippen LogP contribution >= 0.6 is 11.6 Å². The van der Waals surface area contributed by atoms with Crippen LogP contribution in [-0.2, 0) is 11.3 Å². The monoisotopic (exact) mass is 305 g/mol. The van der Waals surface area contributed by atoms with E-state index in [2.05, 4.69) is 5.32 Å². The lowest BCUT2D eigenvalue weighted by molar-refractivity contribution is 0.0410. The van der Waals surface area contributed by atoms with Crippen molar-refractivity contribution in [3.05, 3.63) is 64.7 Å². The number of nitrogens with one attached hydrogen (secondary N) is 1. The topological polar surface area (TPSA) is 30.5 Å². The highest BCUT2D eigenvalue weighted by Gasteiger charge is 2.13. The van der Waals surface area contributed by atoms with Gasteiger partial charge in [0.1, 0.15) is 5.75 Å². The highest BCUT2D eigenvalue weighted by atomic mass is 35.5. The predicted molar refractivity (Wildman–Crippen MR) is 85.9 cm³/mol. The van der Waals surface area contributed by atoms with E-state index in [-0.39, 0.29) is 6.10 Å². The van der Waals surface area contributed by atoms with Crippen LogP contribution < -0.4 is 10.1 Å². The molecule has 2 rings (SSSR count). The van der Waals surface area contributed by atoms with Gasteiger partial charge in [-0.2, -0.15) is 0 Å². The molecule has 0 bridgehead atoms. The molecule has 0 aliphatic heterocycles. The van der Waals surface area contributed by atoms with Crippen molar-refractivity contribution in [3.8, 4) is 5.75 Å². The number of benzene rings is 2. The minimum atomic E-state index is -0.0543. The van der Waals surface area contributed by atoms with Crippen LogP contribution in [0.15, 0.2) is 48.5 Å². The van der Waals surface area contributed by atoms with Gasteiger partial charge in [-0.3, -0.25) is 0 Å². The molecule has 4 heteroatoms. The number of hydrogen-bond acceptors (Lipinski definition) is 3. The lowest BCUT2D eigenvalue weighted by Gasteiger charge is -2.19. The lowest BCUT2D eigenvalue weighted by Crippen LogP contribution is -2.19. The standard InChI is InChI=1S/C17H20ClNO2/c1-19-11-17(13-7-5-8-15(10-13)20-2)21-12-14-6-3-4-9-16(14)18/h3-10,17,19H,11-12H2,1-2H3. The number of halogens is 1. The maximum Gasteiger partial charge on any atom is 0.119 e. The third-order valence-corrected chi connectivity index (χ3v) is 3.62. The maximum absolute atomic E-state index is 6.16. The average Bonchev–Trinajstić information content (AvgIpc) is 2.53. The van der Waals surface area contributed by atoms with Gasteiger partial charge in [0.25, 0.3) is 0 Å². The molecular weight excluding hydrogens is 286 g/mol. The van der Waals surface area contributed by atoms with Gasteiger partial charge in [-0.05, 0) is 36.4 Å². The van der Waals surface area contributed by atoms with Crippen molar-refractivity contribution in [1.82, 2.24) is 5.32 Å². The van der Waals surface area contributed by atoms with Crippen LogP contribution in [0.1, 0.15) is 17.2 Å². The van der Waals surface area contributed by atoms with Crippen LogP contribution in [0.5, 0.6) is 5.75 Å². The van der Waals surface area contributed by atoms with E-state index in [1.165, 1.54) is 0 Å².